The molecule has 0 aliphatic carbocycles. The van der Waals surface area contributed by atoms with Gasteiger partial charge in [0, 0.05) is 6.61 Å². The predicted molar refractivity (Wildman–Crippen MR) is 68.5 cm³/mol. The summed E-state index contributed by atoms with van der Waals surface area (Å²) in [5.74, 6) is -1.12. The molecule has 0 bridgehead atoms. The molecule has 0 aliphatic rings. The molecular weight excluding hydrogens is 378 g/mol. The number of aliphatic hydroxyl groups excluding tert-OH is 1. The molecule has 5 nitrogen and oxygen atoms in total. The van der Waals surface area contributed by atoms with Gasteiger partial charge in [-0.25, -0.2) is 16.8 Å². The Morgan fingerprint density at radius 2 is 1.26 bits per heavy atom. The average Bonchev–Trinajstić information content (AvgIpc) is 2.32. The number of halogens is 6. The van der Waals surface area contributed by atoms with Crippen molar-refractivity contribution in [2.75, 3.05) is 6.61 Å². The van der Waals surface area contributed by atoms with E-state index in [0.29, 0.717) is 0 Å². The monoisotopic (exact) mass is 394 g/mol. The van der Waals surface area contributed by atoms with Gasteiger partial charge in [0.05, 0.1) is 0 Å². The summed E-state index contributed by atoms with van der Waals surface area (Å²) in [5, 5.41) is 8.76. The molecule has 1 unspecified atom stereocenters. The van der Waals surface area contributed by atoms with E-state index >= 15 is 0 Å². The lowest BCUT2D eigenvalue weighted by Crippen LogP contribution is -2.45. The normalized spacial score (nSPS) is 15.9. The first kappa shape index (κ1) is 22.4. The summed E-state index contributed by atoms with van der Waals surface area (Å²) >= 11 is 0. The van der Waals surface area contributed by atoms with Crippen molar-refractivity contribution < 1.29 is 48.3 Å². The van der Waals surface area contributed by atoms with E-state index in [1.54, 1.807) is 0 Å². The van der Waals surface area contributed by atoms with Crippen molar-refractivity contribution in [2.24, 2.45) is 5.92 Å². The lowest BCUT2D eigenvalue weighted by atomic mass is 9.97. The number of aliphatic hydroxyl groups is 1. The number of sulfone groups is 2. The molecule has 0 spiro atoms. The largest absolute Gasteiger partial charge is 0.498 e. The molecule has 0 fully saturated rings. The summed E-state index contributed by atoms with van der Waals surface area (Å²) < 4.78 is 117. The van der Waals surface area contributed by atoms with E-state index in [-0.39, 0.29) is 19.3 Å². The zero-order valence-corrected chi connectivity index (χ0v) is 13.5. The van der Waals surface area contributed by atoms with Crippen LogP contribution in [0.5, 0.6) is 0 Å². The van der Waals surface area contributed by atoms with Gasteiger partial charge in [0.1, 0.15) is 0 Å². The highest BCUT2D eigenvalue weighted by Gasteiger charge is 2.62. The first-order valence-electron chi connectivity index (χ1n) is 6.34. The lowest BCUT2D eigenvalue weighted by molar-refractivity contribution is -0.0474. The second kappa shape index (κ2) is 7.55. The molecule has 0 radical (unpaired) electrons. The predicted octanol–water partition coefficient (Wildman–Crippen LogP) is 2.37. The molecule has 0 aromatic heterocycles. The molecule has 0 saturated carbocycles. The van der Waals surface area contributed by atoms with Gasteiger partial charge in [0.25, 0.3) is 19.7 Å². The molecule has 0 amide bonds. The first-order valence-corrected chi connectivity index (χ1v) is 9.43. The Bertz CT molecular complexity index is 528. The Balaban J connectivity index is 6.05. The van der Waals surface area contributed by atoms with Crippen molar-refractivity contribution in [3.8, 4) is 0 Å². The molecule has 0 aliphatic heterocycles. The fourth-order valence-corrected chi connectivity index (χ4v) is 5.60. The van der Waals surface area contributed by atoms with Crippen molar-refractivity contribution in [1.82, 2.24) is 0 Å². The van der Waals surface area contributed by atoms with Gasteiger partial charge in [-0.15, -0.1) is 0 Å². The smallest absolute Gasteiger partial charge is 0.396 e. The Morgan fingerprint density at radius 1 is 0.870 bits per heavy atom. The molecule has 0 aromatic carbocycles. The minimum Gasteiger partial charge on any atom is -0.396 e. The highest BCUT2D eigenvalue weighted by Crippen LogP contribution is 2.39. The Kier molecular flexibility index (Phi) is 7.37. The summed E-state index contributed by atoms with van der Waals surface area (Å²) in [4.78, 5) is 0. The first-order chi connectivity index (χ1) is 10.1. The second-order valence-electron chi connectivity index (χ2n) is 4.81. The molecule has 0 aromatic rings. The molecule has 0 rings (SSSR count). The van der Waals surface area contributed by atoms with Crippen LogP contribution in [0.25, 0.3) is 0 Å². The lowest BCUT2D eigenvalue weighted by Gasteiger charge is -2.24. The van der Waals surface area contributed by atoms with Crippen molar-refractivity contribution in [2.45, 2.75) is 48.2 Å². The molecule has 140 valence electrons. The molecule has 1 N–H and O–H groups in total. The summed E-state index contributed by atoms with van der Waals surface area (Å²) in [7, 11) is -13.2. The summed E-state index contributed by atoms with van der Waals surface area (Å²) in [6.45, 7) is 0.894. The minimum atomic E-state index is -6.60. The third-order valence-corrected chi connectivity index (χ3v) is 7.68. The standard InChI is InChI=1S/C10H16F6O5S2/c1-2-3-7(4-5-17)6-8(22(18,19)9(11,12)13)23(20,21)10(14,15)16/h7-8,17H,2-6H2,1H3. The van der Waals surface area contributed by atoms with Crippen LogP contribution in [0.2, 0.25) is 0 Å². The Labute approximate surface area is 129 Å². The zero-order chi connectivity index (χ0) is 18.7. The molecule has 13 heteroatoms. The van der Waals surface area contributed by atoms with Crippen molar-refractivity contribution in [3.05, 3.63) is 0 Å². The zero-order valence-electron chi connectivity index (χ0n) is 11.9. The third kappa shape index (κ3) is 5.21. The second-order valence-corrected chi connectivity index (χ2v) is 9.36. The summed E-state index contributed by atoms with van der Waals surface area (Å²) in [5.41, 5.74) is -12.3. The van der Waals surface area contributed by atoms with E-state index in [9.17, 15) is 43.2 Å². The fourth-order valence-electron chi connectivity index (χ4n) is 1.96. The summed E-state index contributed by atoms with van der Waals surface area (Å²) in [6, 6.07) is 0. The number of hydrogen-bond acceptors (Lipinski definition) is 5. The molecule has 0 saturated heterocycles. The van der Waals surface area contributed by atoms with Crippen LogP contribution in [0, 0.1) is 5.92 Å². The number of hydrogen-bond donors (Lipinski definition) is 1. The van der Waals surface area contributed by atoms with E-state index in [1.807, 2.05) is 0 Å². The van der Waals surface area contributed by atoms with Gasteiger partial charge in [-0.2, -0.15) is 26.3 Å². The van der Waals surface area contributed by atoms with Gasteiger partial charge < -0.3 is 5.11 Å². The van der Waals surface area contributed by atoms with E-state index in [1.165, 1.54) is 6.92 Å². The fraction of sp³-hybridized carbons (Fsp3) is 1.00. The Hall–Kier alpha value is -0.560. The molecule has 0 heterocycles. The van der Waals surface area contributed by atoms with Crippen LogP contribution in [0.1, 0.15) is 32.6 Å². The van der Waals surface area contributed by atoms with Crippen LogP contribution in [-0.2, 0) is 19.7 Å². The highest BCUT2D eigenvalue weighted by atomic mass is 32.3. The van der Waals surface area contributed by atoms with Gasteiger partial charge in [0.15, 0.2) is 4.58 Å². The van der Waals surface area contributed by atoms with Gasteiger partial charge >= 0.3 is 11.0 Å². The topological polar surface area (TPSA) is 88.5 Å². The number of alkyl halides is 6. The van der Waals surface area contributed by atoms with Gasteiger partial charge in [-0.3, -0.25) is 0 Å². The van der Waals surface area contributed by atoms with Crippen molar-refractivity contribution in [3.63, 3.8) is 0 Å². The van der Waals surface area contributed by atoms with Gasteiger partial charge in [0.2, 0.25) is 0 Å². The minimum absolute atomic E-state index is 0.0299. The van der Waals surface area contributed by atoms with Crippen LogP contribution in [0.15, 0.2) is 0 Å². The molecule has 1 atom stereocenters. The summed E-state index contributed by atoms with van der Waals surface area (Å²) in [6.07, 6.45) is -1.48. The van der Waals surface area contributed by atoms with E-state index < -0.39 is 54.2 Å². The van der Waals surface area contributed by atoms with Gasteiger partial charge in [-0.05, 0) is 18.8 Å². The maximum absolute atomic E-state index is 12.6. The highest BCUT2D eigenvalue weighted by molar-refractivity contribution is 8.09. The number of rotatable bonds is 8. The Morgan fingerprint density at radius 3 is 1.52 bits per heavy atom. The maximum Gasteiger partial charge on any atom is 0.498 e. The van der Waals surface area contributed by atoms with Crippen LogP contribution in [0.4, 0.5) is 26.3 Å². The van der Waals surface area contributed by atoms with Crippen molar-refractivity contribution >= 4 is 19.7 Å². The quantitative estimate of drug-likeness (QED) is 0.639. The van der Waals surface area contributed by atoms with Crippen LogP contribution in [0.3, 0.4) is 0 Å². The van der Waals surface area contributed by atoms with Crippen molar-refractivity contribution in [1.29, 1.82) is 0 Å². The average molecular weight is 394 g/mol. The van der Waals surface area contributed by atoms with E-state index in [4.69, 9.17) is 5.11 Å². The van der Waals surface area contributed by atoms with Gasteiger partial charge in [-0.1, -0.05) is 19.8 Å². The van der Waals surface area contributed by atoms with E-state index in [0.717, 1.165) is 0 Å². The SMILES string of the molecule is CCCC(CCO)CC(S(=O)(=O)C(F)(F)F)S(=O)(=O)C(F)(F)F. The molecule has 23 heavy (non-hydrogen) atoms. The van der Waals surface area contributed by atoms with Crippen LogP contribution < -0.4 is 0 Å². The third-order valence-electron chi connectivity index (χ3n) is 3.10. The van der Waals surface area contributed by atoms with Crippen LogP contribution >= 0.6 is 0 Å². The van der Waals surface area contributed by atoms with Crippen LogP contribution in [-0.4, -0.2) is 44.1 Å². The van der Waals surface area contributed by atoms with E-state index in [2.05, 4.69) is 0 Å². The molecular formula is C10H16F6O5S2. The maximum atomic E-state index is 12.6.